The summed E-state index contributed by atoms with van der Waals surface area (Å²) in [6, 6.07) is 60.3. The molecule has 0 bridgehead atoms. The van der Waals surface area contributed by atoms with E-state index in [9.17, 15) is 0 Å². The molecule has 0 unspecified atom stereocenters. The quantitative estimate of drug-likeness (QED) is 0.173. The van der Waals surface area contributed by atoms with Crippen molar-refractivity contribution >= 4 is 49.8 Å². The van der Waals surface area contributed by atoms with Crippen LogP contribution >= 0.6 is 0 Å². The van der Waals surface area contributed by atoms with Gasteiger partial charge in [0.15, 0.2) is 0 Å². The van der Waals surface area contributed by atoms with E-state index in [0.717, 1.165) is 50.1 Å². The Hall–Kier alpha value is -6.38. The fourth-order valence-electron chi connectivity index (χ4n) is 9.56. The molecule has 0 saturated heterocycles. The molecule has 0 fully saturated rings. The van der Waals surface area contributed by atoms with Crippen molar-refractivity contribution in [1.82, 2.24) is 0 Å². The first-order chi connectivity index (χ1) is 28.3. The molecule has 2 heteroatoms. The van der Waals surface area contributed by atoms with Crippen LogP contribution < -0.4 is 4.90 Å². The minimum Gasteiger partial charge on any atom is -0.456 e. The van der Waals surface area contributed by atoms with Crippen LogP contribution in [-0.4, -0.2) is 0 Å². The summed E-state index contributed by atoms with van der Waals surface area (Å²) in [7, 11) is 0. The summed E-state index contributed by atoms with van der Waals surface area (Å²) >= 11 is 0. The van der Waals surface area contributed by atoms with Crippen LogP contribution in [0.5, 0.6) is 0 Å². The van der Waals surface area contributed by atoms with E-state index in [0.29, 0.717) is 0 Å². The number of nitrogens with zero attached hydrogens (tertiary/aromatic N) is 1. The maximum absolute atomic E-state index is 6.29. The summed E-state index contributed by atoms with van der Waals surface area (Å²) in [6.45, 7) is 19.0. The average molecular weight is 766 g/mol. The first kappa shape index (κ1) is 36.9. The monoisotopic (exact) mass is 765 g/mol. The van der Waals surface area contributed by atoms with E-state index in [2.05, 4.69) is 212 Å². The van der Waals surface area contributed by atoms with Crippen molar-refractivity contribution in [3.05, 3.63) is 186 Å². The Bertz CT molecular complexity index is 3080. The topological polar surface area (TPSA) is 16.4 Å². The molecule has 1 aromatic heterocycles. The van der Waals surface area contributed by atoms with E-state index >= 15 is 0 Å². The molecule has 0 amide bonds. The van der Waals surface area contributed by atoms with Gasteiger partial charge in [-0.3, -0.25) is 0 Å². The average Bonchev–Trinajstić information content (AvgIpc) is 3.72. The summed E-state index contributed by atoms with van der Waals surface area (Å²) in [5.41, 5.74) is 18.2. The highest BCUT2D eigenvalue weighted by molar-refractivity contribution is 6.06. The summed E-state index contributed by atoms with van der Waals surface area (Å²) in [4.78, 5) is 2.47. The number of fused-ring (bicyclic) bond motifs is 7. The fraction of sp³-hybridized carbons (Fsp3) is 0.193. The third-order valence-corrected chi connectivity index (χ3v) is 12.8. The standard InChI is InChI=1S/C57H51NO/c1-55(2,3)39-34-47(56(4,5)6)54-48(35-39)57(7,8)46-23-16-22-45(53(46)54)42-20-11-13-24-50(42)58(49-25-15-18-37-17-9-10-19-41(37)49)40-30-27-36(28-31-40)38-29-32-44-43-21-12-14-26-51(43)59-52(44)33-38/h9-35H,1-8H3. The summed E-state index contributed by atoms with van der Waals surface area (Å²) in [5, 5.41) is 4.71. The van der Waals surface area contributed by atoms with E-state index in [4.69, 9.17) is 4.42 Å². The van der Waals surface area contributed by atoms with Gasteiger partial charge in [-0.25, -0.2) is 0 Å². The van der Waals surface area contributed by atoms with Gasteiger partial charge in [-0.15, -0.1) is 0 Å². The highest BCUT2D eigenvalue weighted by Crippen LogP contribution is 2.57. The largest absolute Gasteiger partial charge is 0.456 e. The van der Waals surface area contributed by atoms with E-state index in [1.165, 1.54) is 55.3 Å². The zero-order valence-electron chi connectivity index (χ0n) is 35.4. The number of furan rings is 1. The highest BCUT2D eigenvalue weighted by atomic mass is 16.3. The van der Waals surface area contributed by atoms with Crippen LogP contribution in [0.3, 0.4) is 0 Å². The molecule has 1 aliphatic carbocycles. The van der Waals surface area contributed by atoms with Crippen LogP contribution in [0.15, 0.2) is 168 Å². The lowest BCUT2D eigenvalue weighted by atomic mass is 9.74. The van der Waals surface area contributed by atoms with E-state index < -0.39 is 0 Å². The van der Waals surface area contributed by atoms with E-state index in [-0.39, 0.29) is 16.2 Å². The summed E-state index contributed by atoms with van der Waals surface area (Å²) in [6.07, 6.45) is 0. The number of hydrogen-bond acceptors (Lipinski definition) is 2. The molecule has 290 valence electrons. The van der Waals surface area contributed by atoms with Gasteiger partial charge in [0.05, 0.1) is 11.4 Å². The van der Waals surface area contributed by atoms with Gasteiger partial charge in [0.2, 0.25) is 0 Å². The summed E-state index contributed by atoms with van der Waals surface area (Å²) < 4.78 is 6.29. The molecule has 9 aromatic rings. The minimum atomic E-state index is -0.159. The van der Waals surface area contributed by atoms with Gasteiger partial charge < -0.3 is 9.32 Å². The molecular formula is C57H51NO. The molecule has 2 nitrogen and oxygen atoms in total. The zero-order valence-corrected chi connectivity index (χ0v) is 35.4. The normalized spacial score (nSPS) is 13.6. The van der Waals surface area contributed by atoms with Gasteiger partial charge in [0.25, 0.3) is 0 Å². The molecule has 0 aliphatic heterocycles. The SMILES string of the molecule is CC(C)(C)c1cc(C(C)(C)C)c2c(c1)C(C)(C)c1cccc(-c3ccccc3N(c3ccc(-c4ccc5c(c4)oc4ccccc45)cc3)c3cccc4ccccc34)c1-2. The van der Waals surface area contributed by atoms with Crippen LogP contribution in [-0.2, 0) is 16.2 Å². The molecule has 0 saturated carbocycles. The zero-order chi connectivity index (χ0) is 40.8. The lowest BCUT2D eigenvalue weighted by Gasteiger charge is -2.31. The van der Waals surface area contributed by atoms with E-state index in [1.807, 2.05) is 12.1 Å². The van der Waals surface area contributed by atoms with Crippen LogP contribution in [0.25, 0.3) is 66.1 Å². The molecule has 0 atom stereocenters. The predicted octanol–water partition coefficient (Wildman–Crippen LogP) is 16.4. The predicted molar refractivity (Wildman–Crippen MR) is 252 cm³/mol. The Balaban J connectivity index is 1.18. The van der Waals surface area contributed by atoms with E-state index in [1.54, 1.807) is 0 Å². The third-order valence-electron chi connectivity index (χ3n) is 12.8. The molecule has 0 spiro atoms. The number of rotatable bonds is 5. The van der Waals surface area contributed by atoms with Crippen LogP contribution in [0, 0.1) is 0 Å². The number of anilines is 3. The molecule has 1 heterocycles. The van der Waals surface area contributed by atoms with Crippen LogP contribution in [0.1, 0.15) is 77.6 Å². The van der Waals surface area contributed by atoms with Gasteiger partial charge >= 0.3 is 0 Å². The van der Waals surface area contributed by atoms with Gasteiger partial charge in [0, 0.05) is 32.8 Å². The third kappa shape index (κ3) is 5.99. The van der Waals surface area contributed by atoms with Crippen LogP contribution in [0.4, 0.5) is 17.1 Å². The molecule has 0 radical (unpaired) electrons. The number of hydrogen-bond donors (Lipinski definition) is 0. The van der Waals surface area contributed by atoms with Crippen molar-refractivity contribution in [2.24, 2.45) is 0 Å². The fourth-order valence-corrected chi connectivity index (χ4v) is 9.56. The van der Waals surface area contributed by atoms with Gasteiger partial charge in [0.1, 0.15) is 11.2 Å². The maximum Gasteiger partial charge on any atom is 0.136 e. The van der Waals surface area contributed by atoms with Gasteiger partial charge in [-0.1, -0.05) is 177 Å². The Morgan fingerprint density at radius 2 is 1.08 bits per heavy atom. The Morgan fingerprint density at radius 1 is 0.458 bits per heavy atom. The second kappa shape index (κ2) is 13.3. The lowest BCUT2D eigenvalue weighted by Crippen LogP contribution is -2.21. The smallest absolute Gasteiger partial charge is 0.136 e. The number of para-hydroxylation sites is 2. The minimum absolute atomic E-state index is 0.0317. The molecule has 0 N–H and O–H groups in total. The highest BCUT2D eigenvalue weighted by Gasteiger charge is 2.41. The molecule has 59 heavy (non-hydrogen) atoms. The van der Waals surface area contributed by atoms with Crippen molar-refractivity contribution in [3.8, 4) is 33.4 Å². The van der Waals surface area contributed by atoms with Gasteiger partial charge in [-0.2, -0.15) is 0 Å². The molecule has 8 aromatic carbocycles. The first-order valence-electron chi connectivity index (χ1n) is 21.0. The first-order valence-corrected chi connectivity index (χ1v) is 21.0. The summed E-state index contributed by atoms with van der Waals surface area (Å²) in [5.74, 6) is 0. The molecule has 10 rings (SSSR count). The Kier molecular flexibility index (Phi) is 8.34. The molecular weight excluding hydrogens is 715 g/mol. The second-order valence-electron chi connectivity index (χ2n) is 19.0. The molecule has 1 aliphatic rings. The maximum atomic E-state index is 6.29. The van der Waals surface area contributed by atoms with Crippen molar-refractivity contribution < 1.29 is 4.42 Å². The van der Waals surface area contributed by atoms with Crippen molar-refractivity contribution in [3.63, 3.8) is 0 Å². The second-order valence-corrected chi connectivity index (χ2v) is 19.0. The number of benzene rings is 8. The van der Waals surface area contributed by atoms with Gasteiger partial charge in [-0.05, 0) is 109 Å². The van der Waals surface area contributed by atoms with Crippen molar-refractivity contribution in [2.45, 2.75) is 71.6 Å². The van der Waals surface area contributed by atoms with Crippen LogP contribution in [0.2, 0.25) is 0 Å². The van der Waals surface area contributed by atoms with Crippen molar-refractivity contribution in [2.75, 3.05) is 4.90 Å². The van der Waals surface area contributed by atoms with Crippen molar-refractivity contribution in [1.29, 1.82) is 0 Å². The lowest BCUT2D eigenvalue weighted by molar-refractivity contribution is 0.564. The Morgan fingerprint density at radius 3 is 1.86 bits per heavy atom. The Labute approximate surface area is 348 Å².